The molecule has 0 spiro atoms. The zero-order valence-electron chi connectivity index (χ0n) is 12.6. The maximum atomic E-state index is 12.6. The SMILES string of the molecule is CC(C)c1ccc(C(=O)c2ccncc2)c(C(C)C)c1. The molecular weight excluding hydrogens is 246 g/mol. The molecule has 0 bridgehead atoms. The van der Waals surface area contributed by atoms with Crippen LogP contribution in [0.2, 0.25) is 0 Å². The van der Waals surface area contributed by atoms with Gasteiger partial charge in [-0.15, -0.1) is 0 Å². The summed E-state index contributed by atoms with van der Waals surface area (Å²) in [6.07, 6.45) is 3.32. The predicted octanol–water partition coefficient (Wildman–Crippen LogP) is 4.56. The number of hydrogen-bond donors (Lipinski definition) is 0. The Morgan fingerprint density at radius 3 is 2.15 bits per heavy atom. The van der Waals surface area contributed by atoms with Crippen molar-refractivity contribution in [1.82, 2.24) is 4.98 Å². The quantitative estimate of drug-likeness (QED) is 0.760. The van der Waals surface area contributed by atoms with Gasteiger partial charge in [0.15, 0.2) is 5.78 Å². The first kappa shape index (κ1) is 14.4. The summed E-state index contributed by atoms with van der Waals surface area (Å²) in [6.45, 7) is 8.60. The molecule has 2 aromatic rings. The fourth-order valence-corrected chi connectivity index (χ4v) is 2.28. The molecule has 0 saturated heterocycles. The highest BCUT2D eigenvalue weighted by atomic mass is 16.1. The van der Waals surface area contributed by atoms with Gasteiger partial charge in [-0.05, 0) is 35.1 Å². The Balaban J connectivity index is 2.49. The van der Waals surface area contributed by atoms with Crippen molar-refractivity contribution in [2.24, 2.45) is 0 Å². The molecule has 0 unspecified atom stereocenters. The summed E-state index contributed by atoms with van der Waals surface area (Å²) in [5.74, 6) is 0.874. The van der Waals surface area contributed by atoms with E-state index in [4.69, 9.17) is 0 Å². The lowest BCUT2D eigenvalue weighted by atomic mass is 9.88. The van der Waals surface area contributed by atoms with Gasteiger partial charge in [0.05, 0.1) is 0 Å². The van der Waals surface area contributed by atoms with E-state index in [0.717, 1.165) is 11.1 Å². The Bertz CT molecular complexity index is 600. The second-order valence-electron chi connectivity index (χ2n) is 5.72. The first-order valence-electron chi connectivity index (χ1n) is 7.09. The first-order chi connectivity index (χ1) is 9.50. The lowest BCUT2D eigenvalue weighted by molar-refractivity contribution is 0.103. The number of rotatable bonds is 4. The van der Waals surface area contributed by atoms with Crippen LogP contribution in [0.25, 0.3) is 0 Å². The fraction of sp³-hybridized carbons (Fsp3) is 0.333. The lowest BCUT2D eigenvalue weighted by Gasteiger charge is -2.15. The Kier molecular flexibility index (Phi) is 4.33. The molecule has 1 heterocycles. The van der Waals surface area contributed by atoms with E-state index >= 15 is 0 Å². The van der Waals surface area contributed by atoms with Gasteiger partial charge in [0.2, 0.25) is 0 Å². The Hall–Kier alpha value is -1.96. The van der Waals surface area contributed by atoms with Gasteiger partial charge in [0.1, 0.15) is 0 Å². The van der Waals surface area contributed by atoms with Crippen molar-refractivity contribution in [2.75, 3.05) is 0 Å². The van der Waals surface area contributed by atoms with Crippen molar-refractivity contribution in [3.8, 4) is 0 Å². The van der Waals surface area contributed by atoms with Crippen LogP contribution in [-0.4, -0.2) is 10.8 Å². The molecule has 0 radical (unpaired) electrons. The molecule has 0 fully saturated rings. The van der Waals surface area contributed by atoms with E-state index in [9.17, 15) is 4.79 Å². The standard InChI is InChI=1S/C18H21NO/c1-12(2)15-5-6-16(17(11-15)13(3)4)18(20)14-7-9-19-10-8-14/h5-13H,1-4H3. The van der Waals surface area contributed by atoms with Crippen LogP contribution >= 0.6 is 0 Å². The van der Waals surface area contributed by atoms with Crippen LogP contribution in [-0.2, 0) is 0 Å². The second-order valence-corrected chi connectivity index (χ2v) is 5.72. The molecule has 104 valence electrons. The van der Waals surface area contributed by atoms with Gasteiger partial charge < -0.3 is 0 Å². The maximum Gasteiger partial charge on any atom is 0.193 e. The molecule has 0 saturated carbocycles. The molecule has 0 aliphatic heterocycles. The third-order valence-electron chi connectivity index (χ3n) is 3.55. The van der Waals surface area contributed by atoms with Gasteiger partial charge in [-0.25, -0.2) is 0 Å². The van der Waals surface area contributed by atoms with Crippen LogP contribution in [0.1, 0.15) is 66.6 Å². The number of hydrogen-bond acceptors (Lipinski definition) is 2. The summed E-state index contributed by atoms with van der Waals surface area (Å²) in [7, 11) is 0. The largest absolute Gasteiger partial charge is 0.289 e. The minimum atomic E-state index is 0.0754. The van der Waals surface area contributed by atoms with Gasteiger partial charge in [-0.2, -0.15) is 0 Å². The zero-order chi connectivity index (χ0) is 14.7. The third kappa shape index (κ3) is 2.96. The normalized spacial score (nSPS) is 11.1. The average molecular weight is 267 g/mol. The van der Waals surface area contributed by atoms with E-state index < -0.39 is 0 Å². The first-order valence-corrected chi connectivity index (χ1v) is 7.09. The Morgan fingerprint density at radius 1 is 0.950 bits per heavy atom. The maximum absolute atomic E-state index is 12.6. The number of benzene rings is 1. The highest BCUT2D eigenvalue weighted by Gasteiger charge is 2.16. The van der Waals surface area contributed by atoms with Crippen LogP contribution in [0.5, 0.6) is 0 Å². The minimum Gasteiger partial charge on any atom is -0.289 e. The van der Waals surface area contributed by atoms with Gasteiger partial charge >= 0.3 is 0 Å². The molecule has 0 N–H and O–H groups in total. The summed E-state index contributed by atoms with van der Waals surface area (Å²) in [4.78, 5) is 16.6. The summed E-state index contributed by atoms with van der Waals surface area (Å²) >= 11 is 0. The van der Waals surface area contributed by atoms with Gasteiger partial charge in [-0.3, -0.25) is 9.78 Å². The number of aromatic nitrogens is 1. The summed E-state index contributed by atoms with van der Waals surface area (Å²) < 4.78 is 0. The molecule has 2 nitrogen and oxygen atoms in total. The number of ketones is 1. The molecule has 1 aromatic heterocycles. The fourth-order valence-electron chi connectivity index (χ4n) is 2.28. The van der Waals surface area contributed by atoms with Crippen LogP contribution in [0.4, 0.5) is 0 Å². The monoisotopic (exact) mass is 267 g/mol. The number of carbonyl (C=O) groups excluding carboxylic acids is 1. The van der Waals surface area contributed by atoms with Crippen molar-refractivity contribution in [2.45, 2.75) is 39.5 Å². The van der Waals surface area contributed by atoms with Crippen LogP contribution in [0.3, 0.4) is 0 Å². The molecule has 0 aliphatic rings. The number of carbonyl (C=O) groups is 1. The zero-order valence-corrected chi connectivity index (χ0v) is 12.6. The molecule has 0 atom stereocenters. The van der Waals surface area contributed by atoms with E-state index in [2.05, 4.69) is 44.8 Å². The van der Waals surface area contributed by atoms with E-state index in [0.29, 0.717) is 17.4 Å². The highest BCUT2D eigenvalue weighted by molar-refractivity contribution is 6.10. The van der Waals surface area contributed by atoms with Crippen molar-refractivity contribution in [1.29, 1.82) is 0 Å². The predicted molar refractivity (Wildman–Crippen MR) is 82.3 cm³/mol. The number of pyridine rings is 1. The second kappa shape index (κ2) is 6.00. The molecule has 2 heteroatoms. The Morgan fingerprint density at radius 2 is 1.60 bits per heavy atom. The van der Waals surface area contributed by atoms with Crippen LogP contribution in [0.15, 0.2) is 42.7 Å². The molecule has 1 aromatic carbocycles. The van der Waals surface area contributed by atoms with Gasteiger partial charge in [-0.1, -0.05) is 45.9 Å². The van der Waals surface area contributed by atoms with Gasteiger partial charge in [0, 0.05) is 23.5 Å². The average Bonchev–Trinajstić information content (AvgIpc) is 2.46. The van der Waals surface area contributed by atoms with Gasteiger partial charge in [0.25, 0.3) is 0 Å². The topological polar surface area (TPSA) is 30.0 Å². The van der Waals surface area contributed by atoms with Crippen LogP contribution < -0.4 is 0 Å². The minimum absolute atomic E-state index is 0.0754. The number of nitrogens with zero attached hydrogens (tertiary/aromatic N) is 1. The van der Waals surface area contributed by atoms with Crippen molar-refractivity contribution in [3.05, 3.63) is 65.0 Å². The molecule has 0 aliphatic carbocycles. The van der Waals surface area contributed by atoms with E-state index in [1.165, 1.54) is 5.56 Å². The van der Waals surface area contributed by atoms with Crippen molar-refractivity contribution < 1.29 is 4.79 Å². The van der Waals surface area contributed by atoms with E-state index in [1.807, 2.05) is 6.07 Å². The third-order valence-corrected chi connectivity index (χ3v) is 3.55. The smallest absolute Gasteiger partial charge is 0.193 e. The summed E-state index contributed by atoms with van der Waals surface area (Å²) in [6, 6.07) is 9.73. The Labute approximate surface area is 120 Å². The molecule has 0 amide bonds. The van der Waals surface area contributed by atoms with E-state index in [1.54, 1.807) is 24.5 Å². The molecule has 2 rings (SSSR count). The van der Waals surface area contributed by atoms with Crippen molar-refractivity contribution in [3.63, 3.8) is 0 Å². The lowest BCUT2D eigenvalue weighted by Crippen LogP contribution is -2.08. The van der Waals surface area contributed by atoms with E-state index in [-0.39, 0.29) is 5.78 Å². The van der Waals surface area contributed by atoms with Crippen molar-refractivity contribution >= 4 is 5.78 Å². The summed E-state index contributed by atoms with van der Waals surface area (Å²) in [5, 5.41) is 0. The summed E-state index contributed by atoms with van der Waals surface area (Å²) in [5.41, 5.74) is 3.90. The molecule has 20 heavy (non-hydrogen) atoms. The molecular formula is C18H21NO. The highest BCUT2D eigenvalue weighted by Crippen LogP contribution is 2.26. The van der Waals surface area contributed by atoms with Crippen LogP contribution in [0, 0.1) is 0 Å².